The highest BCUT2D eigenvalue weighted by atomic mass is 16.5. The molecule has 1 saturated carbocycles. The molecule has 0 aromatic carbocycles. The zero-order chi connectivity index (χ0) is 13.6. The van der Waals surface area contributed by atoms with Crippen LogP contribution in [0.2, 0.25) is 0 Å². The lowest BCUT2D eigenvalue weighted by molar-refractivity contribution is -0.0491. The number of hydrogen-bond acceptors (Lipinski definition) is 4. The van der Waals surface area contributed by atoms with Crippen LogP contribution in [0.4, 0.5) is 0 Å². The van der Waals surface area contributed by atoms with E-state index in [2.05, 4.69) is 19.2 Å². The molecule has 2 unspecified atom stereocenters. The van der Waals surface area contributed by atoms with Gasteiger partial charge in [0.1, 0.15) is 0 Å². The number of hydrogen-bond donors (Lipinski definition) is 2. The molecule has 0 aromatic heterocycles. The van der Waals surface area contributed by atoms with Gasteiger partial charge in [0.25, 0.3) is 0 Å². The van der Waals surface area contributed by atoms with E-state index in [1.807, 2.05) is 7.05 Å². The quantitative estimate of drug-likeness (QED) is 0.731. The summed E-state index contributed by atoms with van der Waals surface area (Å²) in [6.07, 6.45) is 5.28. The van der Waals surface area contributed by atoms with E-state index in [1.54, 1.807) is 7.11 Å². The minimum absolute atomic E-state index is 0.119. The molecule has 0 heterocycles. The topological polar surface area (TPSA) is 50.7 Å². The van der Waals surface area contributed by atoms with E-state index >= 15 is 0 Å². The molecule has 1 rings (SSSR count). The average molecular weight is 259 g/mol. The maximum absolute atomic E-state index is 9.51. The van der Waals surface area contributed by atoms with Gasteiger partial charge in [-0.25, -0.2) is 0 Å². The molecule has 1 aliphatic rings. The van der Waals surface area contributed by atoms with Crippen molar-refractivity contribution in [2.75, 3.05) is 27.4 Å². The highest BCUT2D eigenvalue weighted by molar-refractivity contribution is 4.92. The van der Waals surface area contributed by atoms with Gasteiger partial charge in [0.15, 0.2) is 0 Å². The predicted molar refractivity (Wildman–Crippen MR) is 72.8 cm³/mol. The zero-order valence-electron chi connectivity index (χ0n) is 12.3. The maximum Gasteiger partial charge on any atom is 0.0644 e. The first-order valence-electron chi connectivity index (χ1n) is 6.93. The average Bonchev–Trinajstić information content (AvgIpc) is 2.39. The summed E-state index contributed by atoms with van der Waals surface area (Å²) in [4.78, 5) is 0. The number of rotatable bonds is 7. The molecule has 0 bridgehead atoms. The summed E-state index contributed by atoms with van der Waals surface area (Å²) in [5.41, 5.74) is -0.259. The Morgan fingerprint density at radius 2 is 2.17 bits per heavy atom. The second-order valence-corrected chi connectivity index (χ2v) is 5.99. The fourth-order valence-corrected chi connectivity index (χ4v) is 2.47. The van der Waals surface area contributed by atoms with Crippen LogP contribution in [0.25, 0.3) is 0 Å². The molecule has 4 heteroatoms. The van der Waals surface area contributed by atoms with Crippen molar-refractivity contribution in [1.29, 1.82) is 0 Å². The summed E-state index contributed by atoms with van der Waals surface area (Å²) in [6, 6.07) is 0. The van der Waals surface area contributed by atoms with E-state index < -0.39 is 0 Å². The van der Waals surface area contributed by atoms with Gasteiger partial charge in [-0.3, -0.25) is 0 Å². The summed E-state index contributed by atoms with van der Waals surface area (Å²) in [6.45, 7) is 5.05. The van der Waals surface area contributed by atoms with Crippen LogP contribution in [0.15, 0.2) is 0 Å². The van der Waals surface area contributed by atoms with Crippen LogP contribution in [-0.4, -0.2) is 49.7 Å². The number of likely N-dealkylation sites (N-methyl/N-ethyl adjacent to an activating group) is 1. The molecule has 4 nitrogen and oxygen atoms in total. The molecule has 1 fully saturated rings. The minimum atomic E-state index is -0.139. The third-order valence-corrected chi connectivity index (χ3v) is 4.24. The first-order chi connectivity index (χ1) is 8.47. The SMILES string of the molecule is CNC1(CO)CCCC(OCCC(C)(C)OC)C1. The fraction of sp³-hybridized carbons (Fsp3) is 1.00. The number of ether oxygens (including phenoxy) is 2. The molecule has 0 aliphatic heterocycles. The molecular formula is C14H29NO3. The van der Waals surface area contributed by atoms with Crippen molar-refractivity contribution < 1.29 is 14.6 Å². The third kappa shape index (κ3) is 4.50. The van der Waals surface area contributed by atoms with Crippen molar-refractivity contribution >= 4 is 0 Å². The van der Waals surface area contributed by atoms with Gasteiger partial charge in [0.05, 0.1) is 18.3 Å². The van der Waals surface area contributed by atoms with Crippen LogP contribution in [0, 0.1) is 0 Å². The van der Waals surface area contributed by atoms with Gasteiger partial charge < -0.3 is 19.9 Å². The summed E-state index contributed by atoms with van der Waals surface area (Å²) in [5, 5.41) is 12.8. The Morgan fingerprint density at radius 1 is 1.44 bits per heavy atom. The van der Waals surface area contributed by atoms with Crippen molar-refractivity contribution in [3.05, 3.63) is 0 Å². The van der Waals surface area contributed by atoms with Crippen LogP contribution in [0.5, 0.6) is 0 Å². The van der Waals surface area contributed by atoms with Gasteiger partial charge in [-0.15, -0.1) is 0 Å². The van der Waals surface area contributed by atoms with Crippen molar-refractivity contribution in [2.45, 2.75) is 63.2 Å². The Labute approximate surface area is 111 Å². The van der Waals surface area contributed by atoms with Crippen molar-refractivity contribution in [3.8, 4) is 0 Å². The second kappa shape index (κ2) is 6.85. The molecule has 18 heavy (non-hydrogen) atoms. The van der Waals surface area contributed by atoms with Crippen LogP contribution in [0.3, 0.4) is 0 Å². The normalized spacial score (nSPS) is 29.5. The van der Waals surface area contributed by atoms with Crippen LogP contribution in [0.1, 0.15) is 46.0 Å². The van der Waals surface area contributed by atoms with Crippen LogP contribution >= 0.6 is 0 Å². The lowest BCUT2D eigenvalue weighted by Gasteiger charge is -2.39. The van der Waals surface area contributed by atoms with Gasteiger partial charge in [-0.2, -0.15) is 0 Å². The van der Waals surface area contributed by atoms with Crippen molar-refractivity contribution in [1.82, 2.24) is 5.32 Å². The number of aliphatic hydroxyl groups excluding tert-OH is 1. The number of nitrogens with one attached hydrogen (secondary N) is 1. The molecule has 108 valence electrons. The second-order valence-electron chi connectivity index (χ2n) is 5.99. The maximum atomic E-state index is 9.51. The minimum Gasteiger partial charge on any atom is -0.394 e. The Balaban J connectivity index is 2.35. The van der Waals surface area contributed by atoms with E-state index in [0.717, 1.165) is 38.7 Å². The fourth-order valence-electron chi connectivity index (χ4n) is 2.47. The van der Waals surface area contributed by atoms with E-state index in [4.69, 9.17) is 9.47 Å². The summed E-state index contributed by atoms with van der Waals surface area (Å²) in [7, 11) is 3.66. The third-order valence-electron chi connectivity index (χ3n) is 4.24. The predicted octanol–water partition coefficient (Wildman–Crippen LogP) is 1.71. The largest absolute Gasteiger partial charge is 0.394 e. The number of methoxy groups -OCH3 is 1. The molecule has 2 N–H and O–H groups in total. The van der Waals surface area contributed by atoms with Crippen molar-refractivity contribution in [3.63, 3.8) is 0 Å². The van der Waals surface area contributed by atoms with E-state index in [0.29, 0.717) is 0 Å². The molecule has 0 spiro atoms. The van der Waals surface area contributed by atoms with Gasteiger partial charge in [-0.1, -0.05) is 0 Å². The molecule has 2 atom stereocenters. The monoisotopic (exact) mass is 259 g/mol. The first kappa shape index (κ1) is 15.9. The van der Waals surface area contributed by atoms with E-state index in [-0.39, 0.29) is 23.9 Å². The first-order valence-corrected chi connectivity index (χ1v) is 6.93. The van der Waals surface area contributed by atoms with Gasteiger partial charge in [-0.05, 0) is 53.0 Å². The van der Waals surface area contributed by atoms with Gasteiger partial charge >= 0.3 is 0 Å². The summed E-state index contributed by atoms with van der Waals surface area (Å²) < 4.78 is 11.3. The molecular weight excluding hydrogens is 230 g/mol. The highest BCUT2D eigenvalue weighted by Gasteiger charge is 2.35. The van der Waals surface area contributed by atoms with E-state index in [9.17, 15) is 5.11 Å². The summed E-state index contributed by atoms with van der Waals surface area (Å²) in [5.74, 6) is 0. The standard InChI is InChI=1S/C14H29NO3/c1-13(2,17-4)8-9-18-12-6-5-7-14(10-12,11-16)15-3/h12,15-16H,5-11H2,1-4H3. The van der Waals surface area contributed by atoms with E-state index in [1.165, 1.54) is 0 Å². The highest BCUT2D eigenvalue weighted by Crippen LogP contribution is 2.30. The van der Waals surface area contributed by atoms with Crippen molar-refractivity contribution in [2.24, 2.45) is 0 Å². The molecule has 0 radical (unpaired) electrons. The molecule has 0 amide bonds. The Hall–Kier alpha value is -0.160. The molecule has 0 aromatic rings. The molecule has 0 saturated heterocycles. The van der Waals surface area contributed by atoms with Crippen LogP contribution < -0.4 is 5.32 Å². The van der Waals surface area contributed by atoms with Gasteiger partial charge in [0, 0.05) is 19.3 Å². The number of aliphatic hydroxyl groups is 1. The molecule has 1 aliphatic carbocycles. The Morgan fingerprint density at radius 3 is 2.72 bits per heavy atom. The zero-order valence-corrected chi connectivity index (χ0v) is 12.3. The Kier molecular flexibility index (Phi) is 6.05. The van der Waals surface area contributed by atoms with Gasteiger partial charge in [0.2, 0.25) is 0 Å². The Bertz CT molecular complexity index is 239. The smallest absolute Gasteiger partial charge is 0.0644 e. The van der Waals surface area contributed by atoms with Crippen LogP contribution in [-0.2, 0) is 9.47 Å². The lowest BCUT2D eigenvalue weighted by Crippen LogP contribution is -2.51. The lowest BCUT2D eigenvalue weighted by atomic mass is 9.81. The summed E-state index contributed by atoms with van der Waals surface area (Å²) >= 11 is 0.